The molecule has 0 aromatic carbocycles. The zero-order valence-electron chi connectivity index (χ0n) is 13.2. The first-order valence-corrected chi connectivity index (χ1v) is 7.42. The average molecular weight is 275 g/mol. The third-order valence-corrected chi connectivity index (χ3v) is 4.14. The molecule has 110 valence electrons. The lowest BCUT2D eigenvalue weighted by molar-refractivity contribution is -0.129. The normalized spacial score (nSPS) is 27.2. The molecule has 2 fully saturated rings. The summed E-state index contributed by atoms with van der Waals surface area (Å²) in [5.74, 6) is -0.0849. The van der Waals surface area contributed by atoms with Crippen molar-refractivity contribution in [1.29, 1.82) is 5.26 Å². The van der Waals surface area contributed by atoms with E-state index in [1.165, 1.54) is 0 Å². The number of carbonyl (C=O) groups excluding carboxylic acids is 1. The van der Waals surface area contributed by atoms with Crippen LogP contribution < -0.4 is 0 Å². The second-order valence-electron chi connectivity index (χ2n) is 7.33. The van der Waals surface area contributed by atoms with E-state index >= 15 is 0 Å². The highest BCUT2D eigenvalue weighted by atomic mass is 16.2. The van der Waals surface area contributed by atoms with Crippen molar-refractivity contribution in [3.05, 3.63) is 11.6 Å². The van der Waals surface area contributed by atoms with Crippen LogP contribution in [0.15, 0.2) is 11.6 Å². The lowest BCUT2D eigenvalue weighted by Crippen LogP contribution is -2.51. The zero-order valence-corrected chi connectivity index (χ0v) is 13.2. The van der Waals surface area contributed by atoms with E-state index in [4.69, 9.17) is 0 Å². The summed E-state index contributed by atoms with van der Waals surface area (Å²) in [6.07, 6.45) is 2.85. The number of hydrogen-bond donors (Lipinski definition) is 0. The molecule has 0 radical (unpaired) electrons. The Morgan fingerprint density at radius 3 is 2.35 bits per heavy atom. The molecule has 2 rings (SSSR count). The van der Waals surface area contributed by atoms with E-state index in [0.717, 1.165) is 19.5 Å². The molecule has 0 aromatic heterocycles. The topological polar surface area (TPSA) is 47.3 Å². The molecule has 1 amide bonds. The first kappa shape index (κ1) is 15.1. The predicted octanol–water partition coefficient (Wildman–Crippen LogP) is 2.18. The summed E-state index contributed by atoms with van der Waals surface area (Å²) in [7, 11) is 0. The van der Waals surface area contributed by atoms with Gasteiger partial charge in [-0.1, -0.05) is 26.8 Å². The van der Waals surface area contributed by atoms with Crippen LogP contribution in [0.1, 0.15) is 41.0 Å². The molecule has 2 bridgehead atoms. The maximum Gasteiger partial charge on any atom is 0.264 e. The van der Waals surface area contributed by atoms with Crippen molar-refractivity contribution < 1.29 is 4.79 Å². The zero-order chi connectivity index (χ0) is 15.1. The fraction of sp³-hybridized carbons (Fsp3) is 0.750. The highest BCUT2D eigenvalue weighted by Gasteiger charge is 2.46. The van der Waals surface area contributed by atoms with Gasteiger partial charge in [0.15, 0.2) is 0 Å². The molecule has 2 aliphatic heterocycles. The lowest BCUT2D eigenvalue weighted by Gasteiger charge is -2.36. The van der Waals surface area contributed by atoms with Crippen molar-refractivity contribution in [3.63, 3.8) is 0 Å². The van der Waals surface area contributed by atoms with Gasteiger partial charge in [-0.2, -0.15) is 5.26 Å². The minimum absolute atomic E-state index is 0.0849. The fourth-order valence-corrected chi connectivity index (χ4v) is 3.31. The van der Waals surface area contributed by atoms with Gasteiger partial charge in [0.05, 0.1) is 0 Å². The van der Waals surface area contributed by atoms with Gasteiger partial charge >= 0.3 is 0 Å². The number of nitrogens with zero attached hydrogens (tertiary/aromatic N) is 3. The molecule has 0 saturated carbocycles. The number of nitriles is 1. The Balaban J connectivity index is 2.10. The Morgan fingerprint density at radius 1 is 1.30 bits per heavy atom. The first-order valence-electron chi connectivity index (χ1n) is 7.42. The monoisotopic (exact) mass is 275 g/mol. The molecular weight excluding hydrogens is 250 g/mol. The second-order valence-corrected chi connectivity index (χ2v) is 7.33. The van der Waals surface area contributed by atoms with E-state index in [0.29, 0.717) is 17.7 Å². The molecular formula is C16H25N3O. The molecule has 0 N–H and O–H groups in total. The Kier molecular flexibility index (Phi) is 3.93. The van der Waals surface area contributed by atoms with Crippen LogP contribution in [0.2, 0.25) is 0 Å². The van der Waals surface area contributed by atoms with Crippen LogP contribution in [0.25, 0.3) is 0 Å². The standard InChI is InChI=1S/C16H25N3O/c1-11(2)18-9-14-6-13(18)10-19(14)15(20)12(8-17)7-16(3,4)5/h7,11,13-14H,6,9-10H2,1-5H3/b12-7+. The fourth-order valence-electron chi connectivity index (χ4n) is 3.31. The molecule has 2 atom stereocenters. The summed E-state index contributed by atoms with van der Waals surface area (Å²) in [5, 5.41) is 9.25. The van der Waals surface area contributed by atoms with Gasteiger partial charge in [-0.25, -0.2) is 0 Å². The first-order chi connectivity index (χ1) is 9.23. The highest BCUT2D eigenvalue weighted by Crippen LogP contribution is 2.33. The molecule has 4 heteroatoms. The van der Waals surface area contributed by atoms with Crippen molar-refractivity contribution in [2.45, 2.75) is 59.2 Å². The quantitative estimate of drug-likeness (QED) is 0.573. The van der Waals surface area contributed by atoms with E-state index < -0.39 is 0 Å². The highest BCUT2D eigenvalue weighted by molar-refractivity contribution is 5.97. The third kappa shape index (κ3) is 2.88. The number of allylic oxidation sites excluding steroid dienone is 1. The predicted molar refractivity (Wildman–Crippen MR) is 78.9 cm³/mol. The van der Waals surface area contributed by atoms with Crippen molar-refractivity contribution in [2.24, 2.45) is 5.41 Å². The van der Waals surface area contributed by atoms with E-state index in [2.05, 4.69) is 24.8 Å². The average Bonchev–Trinajstić information content (AvgIpc) is 2.93. The SMILES string of the molecule is CC(C)N1CC2CC1CN2C(=O)/C(C#N)=C/C(C)(C)C. The number of amides is 1. The van der Waals surface area contributed by atoms with Crippen LogP contribution >= 0.6 is 0 Å². The second kappa shape index (κ2) is 5.21. The summed E-state index contributed by atoms with van der Waals surface area (Å²) in [5.41, 5.74) is 0.143. The molecule has 2 aliphatic rings. The van der Waals surface area contributed by atoms with Gasteiger partial charge in [-0.3, -0.25) is 9.69 Å². The number of fused-ring (bicyclic) bond motifs is 2. The molecule has 0 aliphatic carbocycles. The summed E-state index contributed by atoms with van der Waals surface area (Å²) < 4.78 is 0. The Labute approximate surface area is 122 Å². The summed E-state index contributed by atoms with van der Waals surface area (Å²) in [6, 6.07) is 3.37. The summed E-state index contributed by atoms with van der Waals surface area (Å²) in [6.45, 7) is 12.1. The summed E-state index contributed by atoms with van der Waals surface area (Å²) in [4.78, 5) is 16.9. The van der Waals surface area contributed by atoms with Crippen LogP contribution in [-0.4, -0.2) is 46.9 Å². The van der Waals surface area contributed by atoms with Gasteiger partial charge in [0.1, 0.15) is 11.6 Å². The molecule has 0 aromatic rings. The van der Waals surface area contributed by atoms with Gasteiger partial charge in [0, 0.05) is 31.2 Å². The van der Waals surface area contributed by atoms with Crippen LogP contribution in [0.5, 0.6) is 0 Å². The number of likely N-dealkylation sites (tertiary alicyclic amines) is 2. The number of hydrogen-bond acceptors (Lipinski definition) is 3. The van der Waals surface area contributed by atoms with E-state index in [1.54, 1.807) is 6.08 Å². The molecule has 4 nitrogen and oxygen atoms in total. The van der Waals surface area contributed by atoms with Crippen LogP contribution in [0.4, 0.5) is 0 Å². The van der Waals surface area contributed by atoms with E-state index in [1.807, 2.05) is 25.7 Å². The minimum atomic E-state index is -0.149. The number of piperazine rings is 1. The Hall–Kier alpha value is -1.34. The van der Waals surface area contributed by atoms with Gasteiger partial charge in [0.25, 0.3) is 5.91 Å². The van der Waals surface area contributed by atoms with Crippen LogP contribution in [-0.2, 0) is 4.79 Å². The lowest BCUT2D eigenvalue weighted by atomic mass is 9.93. The smallest absolute Gasteiger partial charge is 0.264 e. The van der Waals surface area contributed by atoms with Crippen molar-refractivity contribution in [2.75, 3.05) is 13.1 Å². The largest absolute Gasteiger partial charge is 0.332 e. The Bertz CT molecular complexity index is 467. The maximum atomic E-state index is 12.5. The van der Waals surface area contributed by atoms with Crippen LogP contribution in [0, 0.1) is 16.7 Å². The van der Waals surface area contributed by atoms with Gasteiger partial charge in [0.2, 0.25) is 0 Å². The number of carbonyl (C=O) groups is 1. The molecule has 2 saturated heterocycles. The van der Waals surface area contributed by atoms with Gasteiger partial charge < -0.3 is 4.90 Å². The van der Waals surface area contributed by atoms with Gasteiger partial charge in [-0.15, -0.1) is 0 Å². The minimum Gasteiger partial charge on any atom is -0.332 e. The number of rotatable bonds is 2. The summed E-state index contributed by atoms with van der Waals surface area (Å²) >= 11 is 0. The molecule has 20 heavy (non-hydrogen) atoms. The Morgan fingerprint density at radius 2 is 1.95 bits per heavy atom. The maximum absolute atomic E-state index is 12.5. The molecule has 0 spiro atoms. The van der Waals surface area contributed by atoms with Gasteiger partial charge in [-0.05, 0) is 25.7 Å². The third-order valence-electron chi connectivity index (χ3n) is 4.14. The van der Waals surface area contributed by atoms with Crippen molar-refractivity contribution in [3.8, 4) is 6.07 Å². The van der Waals surface area contributed by atoms with Crippen LogP contribution in [0.3, 0.4) is 0 Å². The van der Waals surface area contributed by atoms with Crippen molar-refractivity contribution in [1.82, 2.24) is 9.80 Å². The molecule has 2 unspecified atom stereocenters. The van der Waals surface area contributed by atoms with Crippen molar-refractivity contribution >= 4 is 5.91 Å². The molecule has 2 heterocycles. The van der Waals surface area contributed by atoms with E-state index in [-0.39, 0.29) is 17.4 Å². The van der Waals surface area contributed by atoms with E-state index in [9.17, 15) is 10.1 Å².